The van der Waals surface area contributed by atoms with Crippen molar-refractivity contribution in [1.82, 2.24) is 5.32 Å². The topological polar surface area (TPSA) is 49.4 Å². The van der Waals surface area contributed by atoms with E-state index in [4.69, 9.17) is 0 Å². The fourth-order valence-electron chi connectivity index (χ4n) is 2.33. The van der Waals surface area contributed by atoms with Crippen LogP contribution in [0.15, 0.2) is 18.2 Å². The second-order valence-electron chi connectivity index (χ2n) is 4.94. The minimum atomic E-state index is 0.0574. The van der Waals surface area contributed by atoms with Gasteiger partial charge in [-0.05, 0) is 30.0 Å². The summed E-state index contributed by atoms with van der Waals surface area (Å²) in [6.07, 6.45) is 2.67. The lowest BCUT2D eigenvalue weighted by molar-refractivity contribution is -0.120. The molecule has 4 nitrogen and oxygen atoms in total. The largest absolute Gasteiger partial charge is 0.356 e. The fraction of sp³-hybridized carbons (Fsp3) is 0.467. The van der Waals surface area contributed by atoms with Crippen molar-refractivity contribution in [3.8, 4) is 0 Å². The third kappa shape index (κ3) is 3.13. The van der Waals surface area contributed by atoms with Gasteiger partial charge in [0.25, 0.3) is 0 Å². The molecule has 0 bridgehead atoms. The normalized spacial score (nSPS) is 14.2. The Morgan fingerprint density at radius 3 is 2.89 bits per heavy atom. The molecule has 1 aliphatic heterocycles. The minimum absolute atomic E-state index is 0.0574. The molecule has 0 unspecified atom stereocenters. The predicted octanol–water partition coefficient (Wildman–Crippen LogP) is 1.66. The number of nitrogens with zero attached hydrogens (tertiary/aromatic N) is 1. The summed E-state index contributed by atoms with van der Waals surface area (Å²) in [4.78, 5) is 25.0. The Labute approximate surface area is 113 Å². The number of rotatable bonds is 4. The molecule has 1 aliphatic rings. The molecule has 0 saturated heterocycles. The summed E-state index contributed by atoms with van der Waals surface area (Å²) in [5.41, 5.74) is 3.13. The molecule has 2 rings (SSSR count). The Hall–Kier alpha value is -1.84. The average molecular weight is 260 g/mol. The Balaban J connectivity index is 2.09. The van der Waals surface area contributed by atoms with Crippen LogP contribution in [0.2, 0.25) is 0 Å². The van der Waals surface area contributed by atoms with Crippen LogP contribution >= 0.6 is 0 Å². The lowest BCUT2D eigenvalue weighted by Crippen LogP contribution is -2.31. The van der Waals surface area contributed by atoms with Crippen LogP contribution in [0.3, 0.4) is 0 Å². The third-order valence-corrected chi connectivity index (χ3v) is 3.42. The number of carbonyl (C=O) groups is 2. The molecule has 0 saturated carbocycles. The zero-order valence-electron chi connectivity index (χ0n) is 11.5. The molecule has 0 atom stereocenters. The van der Waals surface area contributed by atoms with Crippen molar-refractivity contribution in [1.29, 1.82) is 0 Å². The summed E-state index contributed by atoms with van der Waals surface area (Å²) in [5, 5.41) is 2.87. The molecule has 1 aromatic carbocycles. The first kappa shape index (κ1) is 13.6. The number of nitrogens with one attached hydrogen (secondary N) is 1. The Kier molecular flexibility index (Phi) is 4.20. The van der Waals surface area contributed by atoms with E-state index in [-0.39, 0.29) is 11.8 Å². The predicted molar refractivity (Wildman–Crippen MR) is 75.2 cm³/mol. The number of carbonyl (C=O) groups excluding carboxylic acids is 2. The van der Waals surface area contributed by atoms with Gasteiger partial charge in [-0.3, -0.25) is 9.59 Å². The molecule has 0 aliphatic carbocycles. The maximum atomic E-state index is 11.7. The first-order valence-electron chi connectivity index (χ1n) is 6.77. The number of amides is 2. The number of fused-ring (bicyclic) bond motifs is 1. The first-order chi connectivity index (χ1) is 9.11. The van der Waals surface area contributed by atoms with Crippen LogP contribution in [0.25, 0.3) is 0 Å². The molecule has 0 fully saturated rings. The van der Waals surface area contributed by atoms with Crippen LogP contribution in [0.1, 0.15) is 30.9 Å². The zero-order valence-corrected chi connectivity index (χ0v) is 11.5. The van der Waals surface area contributed by atoms with Crippen molar-refractivity contribution in [3.05, 3.63) is 29.3 Å². The molecule has 0 aromatic heterocycles. The Morgan fingerprint density at radius 2 is 2.16 bits per heavy atom. The number of hydrogen-bond acceptors (Lipinski definition) is 2. The molecular formula is C15H20N2O2. The molecule has 1 heterocycles. The van der Waals surface area contributed by atoms with Gasteiger partial charge >= 0.3 is 0 Å². The molecule has 1 aromatic rings. The van der Waals surface area contributed by atoms with Crippen LogP contribution in [-0.4, -0.2) is 25.4 Å². The smallest absolute Gasteiger partial charge is 0.227 e. The van der Waals surface area contributed by atoms with Crippen LogP contribution in [0.4, 0.5) is 5.69 Å². The van der Waals surface area contributed by atoms with E-state index in [0.717, 1.165) is 36.2 Å². The lowest BCUT2D eigenvalue weighted by Gasteiger charge is -2.26. The highest BCUT2D eigenvalue weighted by Gasteiger charge is 2.20. The van der Waals surface area contributed by atoms with Gasteiger partial charge in [-0.25, -0.2) is 0 Å². The van der Waals surface area contributed by atoms with E-state index in [1.165, 1.54) is 0 Å². The highest BCUT2D eigenvalue weighted by molar-refractivity contribution is 5.96. The van der Waals surface area contributed by atoms with Gasteiger partial charge in [0.05, 0.1) is 6.42 Å². The molecule has 4 heteroatoms. The zero-order chi connectivity index (χ0) is 13.8. The second kappa shape index (κ2) is 5.87. The van der Waals surface area contributed by atoms with Gasteiger partial charge in [0.1, 0.15) is 0 Å². The van der Waals surface area contributed by atoms with E-state index in [0.29, 0.717) is 12.8 Å². The lowest BCUT2D eigenvalue weighted by atomic mass is 9.98. The number of anilines is 1. The fourth-order valence-corrected chi connectivity index (χ4v) is 2.33. The van der Waals surface area contributed by atoms with E-state index in [1.807, 2.05) is 25.1 Å². The molecule has 19 heavy (non-hydrogen) atoms. The van der Waals surface area contributed by atoms with Crippen molar-refractivity contribution in [2.24, 2.45) is 0 Å². The van der Waals surface area contributed by atoms with Crippen LogP contribution in [0, 0.1) is 0 Å². The van der Waals surface area contributed by atoms with Crippen LogP contribution in [-0.2, 0) is 22.4 Å². The van der Waals surface area contributed by atoms with Gasteiger partial charge in [0, 0.05) is 25.7 Å². The van der Waals surface area contributed by atoms with Crippen molar-refractivity contribution in [2.45, 2.75) is 32.6 Å². The van der Waals surface area contributed by atoms with E-state index in [1.54, 1.807) is 11.9 Å². The van der Waals surface area contributed by atoms with Crippen molar-refractivity contribution < 1.29 is 9.59 Å². The molecule has 102 valence electrons. The monoisotopic (exact) mass is 260 g/mol. The standard InChI is InChI=1S/C15H20N2O2/c1-3-8-16-14(18)10-11-4-6-13-12(9-11)5-7-15(19)17(13)2/h4,6,9H,3,5,7-8,10H2,1-2H3,(H,16,18). The first-order valence-corrected chi connectivity index (χ1v) is 6.77. The van der Waals surface area contributed by atoms with Gasteiger partial charge in [0.2, 0.25) is 11.8 Å². The minimum Gasteiger partial charge on any atom is -0.356 e. The average Bonchev–Trinajstić information content (AvgIpc) is 2.41. The Bertz CT molecular complexity index is 497. The Morgan fingerprint density at radius 1 is 1.37 bits per heavy atom. The highest BCUT2D eigenvalue weighted by atomic mass is 16.2. The quantitative estimate of drug-likeness (QED) is 0.895. The van der Waals surface area contributed by atoms with Crippen molar-refractivity contribution in [3.63, 3.8) is 0 Å². The summed E-state index contributed by atoms with van der Waals surface area (Å²) in [6.45, 7) is 2.76. The van der Waals surface area contributed by atoms with E-state index >= 15 is 0 Å². The molecule has 1 N–H and O–H groups in total. The van der Waals surface area contributed by atoms with Gasteiger partial charge in [0.15, 0.2) is 0 Å². The van der Waals surface area contributed by atoms with Crippen molar-refractivity contribution >= 4 is 17.5 Å². The van der Waals surface area contributed by atoms with Gasteiger partial charge in [-0.2, -0.15) is 0 Å². The van der Waals surface area contributed by atoms with Gasteiger partial charge in [-0.1, -0.05) is 19.1 Å². The number of benzene rings is 1. The number of aryl methyl sites for hydroxylation is 1. The second-order valence-corrected chi connectivity index (χ2v) is 4.94. The van der Waals surface area contributed by atoms with Crippen molar-refractivity contribution in [2.75, 3.05) is 18.5 Å². The summed E-state index contributed by atoms with van der Waals surface area (Å²) < 4.78 is 0. The summed E-state index contributed by atoms with van der Waals surface area (Å²) in [7, 11) is 1.80. The van der Waals surface area contributed by atoms with Crippen LogP contribution in [0.5, 0.6) is 0 Å². The summed E-state index contributed by atoms with van der Waals surface area (Å²) in [6, 6.07) is 5.91. The maximum absolute atomic E-state index is 11.7. The summed E-state index contributed by atoms with van der Waals surface area (Å²) >= 11 is 0. The van der Waals surface area contributed by atoms with E-state index in [2.05, 4.69) is 5.32 Å². The van der Waals surface area contributed by atoms with Gasteiger partial charge in [-0.15, -0.1) is 0 Å². The van der Waals surface area contributed by atoms with E-state index < -0.39 is 0 Å². The van der Waals surface area contributed by atoms with Crippen LogP contribution < -0.4 is 10.2 Å². The molecular weight excluding hydrogens is 240 g/mol. The SMILES string of the molecule is CCCNC(=O)Cc1ccc2c(c1)CCC(=O)N2C. The molecule has 2 amide bonds. The third-order valence-electron chi connectivity index (χ3n) is 3.42. The molecule has 0 radical (unpaired) electrons. The highest BCUT2D eigenvalue weighted by Crippen LogP contribution is 2.27. The molecule has 0 spiro atoms. The number of hydrogen-bond donors (Lipinski definition) is 1. The van der Waals surface area contributed by atoms with Gasteiger partial charge < -0.3 is 10.2 Å². The van der Waals surface area contributed by atoms with E-state index in [9.17, 15) is 9.59 Å². The summed E-state index contributed by atoms with van der Waals surface area (Å²) in [5.74, 6) is 0.211. The maximum Gasteiger partial charge on any atom is 0.227 e.